The molecule has 2 aromatic carbocycles. The lowest BCUT2D eigenvalue weighted by Crippen LogP contribution is -2.41. The highest BCUT2D eigenvalue weighted by molar-refractivity contribution is 7.85. The van der Waals surface area contributed by atoms with Gasteiger partial charge in [0, 0.05) is 29.5 Å². The van der Waals surface area contributed by atoms with Gasteiger partial charge in [0.25, 0.3) is 0 Å². The SMILES string of the molecule is CS(=O)Nc1cccc(Oc2ccc(B3OC(C)(C)C(C)(C)O3)c(F)c2)c1. The topological polar surface area (TPSA) is 56.8 Å². The van der Waals surface area contributed by atoms with Crippen LogP contribution in [-0.4, -0.2) is 28.8 Å². The van der Waals surface area contributed by atoms with E-state index >= 15 is 0 Å². The second-order valence-corrected chi connectivity index (χ2v) is 8.57. The van der Waals surface area contributed by atoms with Crippen molar-refractivity contribution in [2.24, 2.45) is 0 Å². The molecule has 0 radical (unpaired) electrons. The second-order valence-electron chi connectivity index (χ2n) is 7.46. The molecule has 27 heavy (non-hydrogen) atoms. The highest BCUT2D eigenvalue weighted by atomic mass is 32.2. The van der Waals surface area contributed by atoms with E-state index in [4.69, 9.17) is 14.0 Å². The molecular formula is C19H23BFNO4S. The second kappa shape index (κ2) is 7.26. The van der Waals surface area contributed by atoms with Gasteiger partial charge in [0.15, 0.2) is 0 Å². The Morgan fingerprint density at radius 1 is 1.04 bits per heavy atom. The van der Waals surface area contributed by atoms with E-state index in [1.807, 2.05) is 27.7 Å². The minimum absolute atomic E-state index is 0.331. The first kappa shape index (κ1) is 19.9. The summed E-state index contributed by atoms with van der Waals surface area (Å²) in [6, 6.07) is 11.6. The molecule has 5 nitrogen and oxygen atoms in total. The van der Waals surface area contributed by atoms with Crippen LogP contribution in [0.25, 0.3) is 0 Å². The van der Waals surface area contributed by atoms with Gasteiger partial charge in [-0.15, -0.1) is 0 Å². The van der Waals surface area contributed by atoms with Gasteiger partial charge in [-0.25, -0.2) is 8.60 Å². The van der Waals surface area contributed by atoms with Crippen LogP contribution < -0.4 is 14.9 Å². The average Bonchev–Trinajstić information content (AvgIpc) is 2.75. The summed E-state index contributed by atoms with van der Waals surface area (Å²) in [4.78, 5) is 0. The third-order valence-electron chi connectivity index (χ3n) is 4.81. The van der Waals surface area contributed by atoms with E-state index in [0.717, 1.165) is 0 Å². The molecule has 1 heterocycles. The summed E-state index contributed by atoms with van der Waals surface area (Å²) in [5.41, 5.74) is -0.0847. The molecule has 1 saturated heterocycles. The van der Waals surface area contributed by atoms with Gasteiger partial charge in [-0.1, -0.05) is 12.1 Å². The summed E-state index contributed by atoms with van der Waals surface area (Å²) in [7, 11) is -1.95. The zero-order valence-electron chi connectivity index (χ0n) is 16.0. The van der Waals surface area contributed by atoms with Crippen molar-refractivity contribution in [3.8, 4) is 11.5 Å². The molecule has 1 aliphatic rings. The van der Waals surface area contributed by atoms with Gasteiger partial charge in [-0.2, -0.15) is 0 Å². The summed E-state index contributed by atoms with van der Waals surface area (Å²) in [5.74, 6) is 0.394. The standard InChI is InChI=1S/C19H23BFNO4S/c1-18(2)19(3,4)26-20(25-18)16-10-9-15(12-17(16)21)24-14-8-6-7-13(11-14)22-27(5)23/h6-12,22H,1-5H3. The van der Waals surface area contributed by atoms with Gasteiger partial charge >= 0.3 is 7.12 Å². The van der Waals surface area contributed by atoms with E-state index < -0.39 is 35.1 Å². The molecule has 1 fully saturated rings. The fraction of sp³-hybridized carbons (Fsp3) is 0.368. The predicted octanol–water partition coefficient (Wildman–Crippen LogP) is 3.62. The minimum atomic E-state index is -1.19. The van der Waals surface area contributed by atoms with Crippen LogP contribution in [-0.2, 0) is 20.3 Å². The van der Waals surface area contributed by atoms with Crippen molar-refractivity contribution < 1.29 is 22.6 Å². The summed E-state index contributed by atoms with van der Waals surface area (Å²) < 4.78 is 46.2. The Hall–Kier alpha value is -1.90. The van der Waals surface area contributed by atoms with Gasteiger partial charge in [-0.3, -0.25) is 0 Å². The van der Waals surface area contributed by atoms with Crippen LogP contribution >= 0.6 is 0 Å². The van der Waals surface area contributed by atoms with Gasteiger partial charge in [0.05, 0.1) is 11.2 Å². The summed E-state index contributed by atoms with van der Waals surface area (Å²) in [5, 5.41) is 0. The highest BCUT2D eigenvalue weighted by Crippen LogP contribution is 2.37. The molecule has 0 aromatic heterocycles. The molecule has 2 aromatic rings. The number of rotatable bonds is 5. The molecule has 1 N–H and O–H groups in total. The first-order chi connectivity index (χ1) is 12.6. The lowest BCUT2D eigenvalue weighted by atomic mass is 9.78. The fourth-order valence-electron chi connectivity index (χ4n) is 2.66. The lowest BCUT2D eigenvalue weighted by Gasteiger charge is -2.32. The van der Waals surface area contributed by atoms with E-state index in [-0.39, 0.29) is 0 Å². The van der Waals surface area contributed by atoms with Crippen molar-refractivity contribution in [3.05, 3.63) is 48.3 Å². The maximum Gasteiger partial charge on any atom is 0.497 e. The third kappa shape index (κ3) is 4.34. The Morgan fingerprint density at radius 2 is 1.67 bits per heavy atom. The van der Waals surface area contributed by atoms with Crippen molar-refractivity contribution in [2.45, 2.75) is 38.9 Å². The zero-order valence-corrected chi connectivity index (χ0v) is 16.9. The van der Waals surface area contributed by atoms with E-state index in [1.54, 1.807) is 36.4 Å². The largest absolute Gasteiger partial charge is 0.497 e. The minimum Gasteiger partial charge on any atom is -0.457 e. The average molecular weight is 391 g/mol. The number of nitrogens with one attached hydrogen (secondary N) is 1. The smallest absolute Gasteiger partial charge is 0.457 e. The Labute approximate surface area is 161 Å². The van der Waals surface area contributed by atoms with Gasteiger partial charge in [0.1, 0.15) is 28.3 Å². The van der Waals surface area contributed by atoms with Crippen LogP contribution in [0.3, 0.4) is 0 Å². The molecule has 8 heteroatoms. The third-order valence-corrected chi connectivity index (χ3v) is 5.33. The number of benzene rings is 2. The Kier molecular flexibility index (Phi) is 5.34. The van der Waals surface area contributed by atoms with Crippen LogP contribution in [0.4, 0.5) is 10.1 Å². The van der Waals surface area contributed by atoms with Crippen molar-refractivity contribution >= 4 is 29.3 Å². The van der Waals surface area contributed by atoms with Crippen LogP contribution in [0.2, 0.25) is 0 Å². The Morgan fingerprint density at radius 3 is 2.26 bits per heavy atom. The number of ether oxygens (including phenoxy) is 1. The van der Waals surface area contributed by atoms with Crippen LogP contribution in [0.15, 0.2) is 42.5 Å². The molecule has 0 amide bonds. The van der Waals surface area contributed by atoms with E-state index in [2.05, 4.69) is 4.72 Å². The maximum absolute atomic E-state index is 14.7. The molecule has 3 rings (SSSR count). The highest BCUT2D eigenvalue weighted by Gasteiger charge is 2.52. The van der Waals surface area contributed by atoms with Crippen LogP contribution in [0, 0.1) is 5.82 Å². The molecule has 144 valence electrons. The molecule has 1 aliphatic heterocycles. The fourth-order valence-corrected chi connectivity index (χ4v) is 3.12. The quantitative estimate of drug-likeness (QED) is 0.792. The molecular weight excluding hydrogens is 368 g/mol. The van der Waals surface area contributed by atoms with Crippen molar-refractivity contribution in [2.75, 3.05) is 11.0 Å². The number of hydrogen-bond acceptors (Lipinski definition) is 4. The lowest BCUT2D eigenvalue weighted by molar-refractivity contribution is 0.00578. The van der Waals surface area contributed by atoms with Crippen LogP contribution in [0.1, 0.15) is 27.7 Å². The summed E-state index contributed by atoms with van der Waals surface area (Å²) >= 11 is 0. The van der Waals surface area contributed by atoms with Crippen molar-refractivity contribution in [1.29, 1.82) is 0 Å². The first-order valence-corrected chi connectivity index (χ1v) is 10.2. The van der Waals surface area contributed by atoms with Crippen molar-refractivity contribution in [3.63, 3.8) is 0 Å². The zero-order chi connectivity index (χ0) is 19.8. The van der Waals surface area contributed by atoms with Crippen LogP contribution in [0.5, 0.6) is 11.5 Å². The maximum atomic E-state index is 14.7. The summed E-state index contributed by atoms with van der Waals surface area (Å²) in [6.45, 7) is 7.69. The first-order valence-electron chi connectivity index (χ1n) is 8.60. The monoisotopic (exact) mass is 391 g/mol. The van der Waals surface area contributed by atoms with Gasteiger partial charge < -0.3 is 18.8 Å². The van der Waals surface area contributed by atoms with Gasteiger partial charge in [0.2, 0.25) is 0 Å². The van der Waals surface area contributed by atoms with E-state index in [0.29, 0.717) is 22.6 Å². The van der Waals surface area contributed by atoms with Crippen molar-refractivity contribution in [1.82, 2.24) is 0 Å². The molecule has 0 spiro atoms. The van der Waals surface area contributed by atoms with E-state index in [1.165, 1.54) is 12.3 Å². The summed E-state index contributed by atoms with van der Waals surface area (Å²) in [6.07, 6.45) is 1.54. The number of anilines is 1. The van der Waals surface area contributed by atoms with Gasteiger partial charge in [-0.05, 0) is 45.9 Å². The number of halogens is 1. The predicted molar refractivity (Wildman–Crippen MR) is 106 cm³/mol. The molecule has 0 aliphatic carbocycles. The normalized spacial score (nSPS) is 19.0. The molecule has 0 saturated carbocycles. The molecule has 1 atom stereocenters. The Balaban J connectivity index is 1.77. The Bertz CT molecular complexity index is 859. The van der Waals surface area contributed by atoms with E-state index in [9.17, 15) is 8.60 Å². The molecule has 0 bridgehead atoms. The number of hydrogen-bond donors (Lipinski definition) is 1. The molecule has 1 unspecified atom stereocenters.